The Kier molecular flexibility index (Phi) is 8.14. The van der Waals surface area contributed by atoms with Crippen molar-refractivity contribution in [2.24, 2.45) is 0 Å². The minimum absolute atomic E-state index is 0. The Morgan fingerprint density at radius 3 is 2.58 bits per heavy atom. The average Bonchev–Trinajstić information content (AvgIpc) is 2.99. The van der Waals surface area contributed by atoms with E-state index in [9.17, 15) is 18.0 Å². The first-order chi connectivity index (χ1) is 11.4. The van der Waals surface area contributed by atoms with Crippen LogP contribution < -0.4 is 10.6 Å². The zero-order chi connectivity index (χ0) is 17.2. The third kappa shape index (κ3) is 5.23. The highest BCUT2D eigenvalue weighted by Crippen LogP contribution is 2.24. The number of nitrogens with zero attached hydrogens (tertiary/aromatic N) is 3. The molecule has 0 bridgehead atoms. The first-order valence-corrected chi connectivity index (χ1v) is 7.68. The summed E-state index contributed by atoms with van der Waals surface area (Å²) < 4.78 is 41.5. The number of fused-ring (bicyclic) bond motifs is 1. The summed E-state index contributed by atoms with van der Waals surface area (Å²) in [4.78, 5) is 17.6. The second-order valence-electron chi connectivity index (χ2n) is 5.65. The van der Waals surface area contributed by atoms with Gasteiger partial charge in [-0.1, -0.05) is 6.07 Å². The largest absolute Gasteiger partial charge is 0.405 e. The zero-order valence-corrected chi connectivity index (χ0v) is 15.3. The highest BCUT2D eigenvalue weighted by Gasteiger charge is 2.43. The lowest BCUT2D eigenvalue weighted by molar-refractivity contribution is -0.183. The van der Waals surface area contributed by atoms with Gasteiger partial charge >= 0.3 is 6.18 Å². The van der Waals surface area contributed by atoms with E-state index in [1.165, 1.54) is 11.1 Å². The van der Waals surface area contributed by atoms with Crippen LogP contribution in [0.3, 0.4) is 0 Å². The van der Waals surface area contributed by atoms with Crippen LogP contribution in [0.15, 0.2) is 30.6 Å². The van der Waals surface area contributed by atoms with E-state index in [2.05, 4.69) is 15.6 Å². The molecule has 1 aliphatic rings. The number of pyridine rings is 1. The standard InChI is InChI=1S/C15H18F3N5O.2ClH/c16-15(17,18)12(22-7-4-19-5-8-22)9-20-14(24)11-10-23-6-2-1-3-13(23)21-11;;/h1-3,6,10,12,19H,4-5,7-9H2,(H,20,24);2*1H. The second kappa shape index (κ2) is 9.40. The Morgan fingerprint density at radius 1 is 1.27 bits per heavy atom. The molecule has 1 atom stereocenters. The summed E-state index contributed by atoms with van der Waals surface area (Å²) in [5, 5.41) is 5.38. The number of aromatic nitrogens is 2. The van der Waals surface area contributed by atoms with Crippen molar-refractivity contribution in [3.63, 3.8) is 0 Å². The van der Waals surface area contributed by atoms with Gasteiger partial charge in [-0.25, -0.2) is 4.98 Å². The van der Waals surface area contributed by atoms with Crippen LogP contribution in [0.1, 0.15) is 10.5 Å². The molecule has 26 heavy (non-hydrogen) atoms. The minimum Gasteiger partial charge on any atom is -0.349 e. The summed E-state index contributed by atoms with van der Waals surface area (Å²) in [6, 6.07) is 3.57. The maximum Gasteiger partial charge on any atom is 0.405 e. The number of imidazole rings is 1. The van der Waals surface area contributed by atoms with Gasteiger partial charge in [0.25, 0.3) is 5.91 Å². The molecule has 2 N–H and O–H groups in total. The van der Waals surface area contributed by atoms with Crippen LogP contribution in [0.4, 0.5) is 13.2 Å². The molecule has 0 aliphatic carbocycles. The van der Waals surface area contributed by atoms with Crippen molar-refractivity contribution in [1.29, 1.82) is 0 Å². The predicted molar refractivity (Wildman–Crippen MR) is 96.3 cm³/mol. The Hall–Kier alpha value is -1.55. The SMILES string of the molecule is Cl.Cl.O=C(NCC(N1CCNCC1)C(F)(F)F)c1cn2ccccc2n1. The maximum absolute atomic E-state index is 13.3. The normalized spacial score (nSPS) is 16.4. The Balaban J connectivity index is 0.00000169. The quantitative estimate of drug-likeness (QED) is 0.801. The van der Waals surface area contributed by atoms with E-state index in [0.717, 1.165) is 0 Å². The van der Waals surface area contributed by atoms with Crippen LogP contribution in [-0.4, -0.2) is 65.1 Å². The molecule has 0 aromatic carbocycles. The fourth-order valence-electron chi connectivity index (χ4n) is 2.77. The van der Waals surface area contributed by atoms with Gasteiger partial charge in [0.1, 0.15) is 17.4 Å². The number of amides is 1. The molecule has 11 heteroatoms. The summed E-state index contributed by atoms with van der Waals surface area (Å²) in [6.07, 6.45) is -1.18. The van der Waals surface area contributed by atoms with E-state index in [4.69, 9.17) is 0 Å². The van der Waals surface area contributed by atoms with Crippen molar-refractivity contribution >= 4 is 36.4 Å². The Morgan fingerprint density at radius 2 is 1.96 bits per heavy atom. The monoisotopic (exact) mass is 413 g/mol. The van der Waals surface area contributed by atoms with Crippen LogP contribution in [0.2, 0.25) is 0 Å². The molecule has 1 aliphatic heterocycles. The van der Waals surface area contributed by atoms with Crippen LogP contribution in [0, 0.1) is 0 Å². The number of rotatable bonds is 4. The molecule has 6 nitrogen and oxygen atoms in total. The molecule has 1 amide bonds. The number of carbonyl (C=O) groups excluding carboxylic acids is 1. The van der Waals surface area contributed by atoms with Gasteiger partial charge in [-0.05, 0) is 12.1 Å². The molecule has 1 unspecified atom stereocenters. The van der Waals surface area contributed by atoms with Crippen molar-refractivity contribution in [3.8, 4) is 0 Å². The topological polar surface area (TPSA) is 61.7 Å². The smallest absolute Gasteiger partial charge is 0.349 e. The fraction of sp³-hybridized carbons (Fsp3) is 0.467. The zero-order valence-electron chi connectivity index (χ0n) is 13.7. The lowest BCUT2D eigenvalue weighted by Gasteiger charge is -2.35. The van der Waals surface area contributed by atoms with E-state index in [1.54, 1.807) is 28.8 Å². The summed E-state index contributed by atoms with van der Waals surface area (Å²) in [7, 11) is 0. The van der Waals surface area contributed by atoms with E-state index >= 15 is 0 Å². The maximum atomic E-state index is 13.3. The molecular weight excluding hydrogens is 394 g/mol. The van der Waals surface area contributed by atoms with Crippen LogP contribution in [0.25, 0.3) is 5.65 Å². The van der Waals surface area contributed by atoms with Gasteiger partial charge in [0, 0.05) is 45.1 Å². The number of hydrogen-bond donors (Lipinski definition) is 2. The highest BCUT2D eigenvalue weighted by molar-refractivity contribution is 5.92. The highest BCUT2D eigenvalue weighted by atomic mass is 35.5. The van der Waals surface area contributed by atoms with E-state index < -0.39 is 24.7 Å². The molecule has 0 spiro atoms. The van der Waals surface area contributed by atoms with Crippen molar-refractivity contribution in [3.05, 3.63) is 36.3 Å². The van der Waals surface area contributed by atoms with Crippen molar-refractivity contribution in [1.82, 2.24) is 24.9 Å². The minimum atomic E-state index is -4.40. The number of hydrogen-bond acceptors (Lipinski definition) is 4. The number of piperazine rings is 1. The molecular formula is C15H20Cl2F3N5O. The van der Waals surface area contributed by atoms with Crippen LogP contribution >= 0.6 is 24.8 Å². The van der Waals surface area contributed by atoms with Gasteiger partial charge in [0.2, 0.25) is 0 Å². The molecule has 0 saturated carbocycles. The van der Waals surface area contributed by atoms with Gasteiger partial charge in [-0.2, -0.15) is 13.2 Å². The second-order valence-corrected chi connectivity index (χ2v) is 5.65. The van der Waals surface area contributed by atoms with Crippen molar-refractivity contribution in [2.45, 2.75) is 12.2 Å². The molecule has 0 radical (unpaired) electrons. The lowest BCUT2D eigenvalue weighted by atomic mass is 10.2. The fourth-order valence-corrected chi connectivity index (χ4v) is 2.77. The van der Waals surface area contributed by atoms with Gasteiger partial charge in [-0.3, -0.25) is 9.69 Å². The van der Waals surface area contributed by atoms with Crippen molar-refractivity contribution < 1.29 is 18.0 Å². The number of alkyl halides is 3. The van der Waals surface area contributed by atoms with E-state index in [-0.39, 0.29) is 30.5 Å². The summed E-state index contributed by atoms with van der Waals surface area (Å²) in [5.74, 6) is -0.608. The molecule has 2 aromatic heterocycles. The third-order valence-electron chi connectivity index (χ3n) is 4.02. The van der Waals surface area contributed by atoms with Gasteiger partial charge in [-0.15, -0.1) is 24.8 Å². The summed E-state index contributed by atoms with van der Waals surface area (Å²) >= 11 is 0. The van der Waals surface area contributed by atoms with Gasteiger partial charge in [0.15, 0.2) is 0 Å². The summed E-state index contributed by atoms with van der Waals surface area (Å²) in [6.45, 7) is 1.12. The van der Waals surface area contributed by atoms with Crippen LogP contribution in [0.5, 0.6) is 0 Å². The van der Waals surface area contributed by atoms with Gasteiger partial charge < -0.3 is 15.0 Å². The lowest BCUT2D eigenvalue weighted by Crippen LogP contribution is -2.57. The molecule has 146 valence electrons. The Labute approximate surface area is 161 Å². The first-order valence-electron chi connectivity index (χ1n) is 7.68. The first kappa shape index (κ1) is 22.5. The van der Waals surface area contributed by atoms with E-state index in [1.807, 2.05) is 0 Å². The Bertz CT molecular complexity index is 686. The average molecular weight is 414 g/mol. The van der Waals surface area contributed by atoms with Crippen molar-refractivity contribution in [2.75, 3.05) is 32.7 Å². The molecule has 3 heterocycles. The van der Waals surface area contributed by atoms with Gasteiger partial charge in [0.05, 0.1) is 0 Å². The predicted octanol–water partition coefficient (Wildman–Crippen LogP) is 1.74. The van der Waals surface area contributed by atoms with E-state index in [0.29, 0.717) is 31.8 Å². The molecule has 1 saturated heterocycles. The number of nitrogens with one attached hydrogen (secondary N) is 2. The third-order valence-corrected chi connectivity index (χ3v) is 4.02. The number of carbonyl (C=O) groups is 1. The number of halogens is 5. The molecule has 2 aromatic rings. The molecule has 1 fully saturated rings. The van der Waals surface area contributed by atoms with Crippen LogP contribution in [-0.2, 0) is 0 Å². The molecule has 3 rings (SSSR count). The summed E-state index contributed by atoms with van der Waals surface area (Å²) in [5.41, 5.74) is 0.666.